The summed E-state index contributed by atoms with van der Waals surface area (Å²) in [6, 6.07) is 1.92. The van der Waals surface area contributed by atoms with Crippen LogP contribution in [0.5, 0.6) is 0 Å². The molecule has 0 spiro atoms. The van der Waals surface area contributed by atoms with Crippen molar-refractivity contribution in [3.05, 3.63) is 46.3 Å². The van der Waals surface area contributed by atoms with Gasteiger partial charge in [-0.1, -0.05) is 31.5 Å². The van der Waals surface area contributed by atoms with Crippen molar-refractivity contribution in [2.24, 2.45) is 5.92 Å². The molecule has 1 aromatic heterocycles. The highest BCUT2D eigenvalue weighted by molar-refractivity contribution is 6.32. The Hall–Kier alpha value is -1.56. The predicted molar refractivity (Wildman–Crippen MR) is 119 cm³/mol. The molecule has 7 heteroatoms. The number of pyridine rings is 1. The van der Waals surface area contributed by atoms with Gasteiger partial charge in [0.15, 0.2) is 0 Å². The number of aromatic nitrogens is 1. The van der Waals surface area contributed by atoms with Gasteiger partial charge in [-0.15, -0.1) is 11.6 Å². The molecule has 0 aromatic carbocycles. The lowest BCUT2D eigenvalue weighted by atomic mass is 9.97. The minimum Gasteiger partial charge on any atom is -0.381 e. The normalized spacial score (nSPS) is 20.7. The smallest absolute Gasteiger partial charge is 0.253 e. The number of carbonyl (C=O) groups excluding carboxylic acids is 1. The van der Waals surface area contributed by atoms with E-state index in [1.165, 1.54) is 0 Å². The SMILES string of the molecule is CC(C)c1cc(NC2=CC(Cl)CCC=C2Cl)ncc1C(=O)NCC1CCOCC1. The molecule has 2 heterocycles. The Kier molecular flexibility index (Phi) is 7.99. The van der Waals surface area contributed by atoms with Gasteiger partial charge < -0.3 is 15.4 Å². The third kappa shape index (κ3) is 6.21. The molecule has 0 radical (unpaired) electrons. The summed E-state index contributed by atoms with van der Waals surface area (Å²) >= 11 is 12.7. The van der Waals surface area contributed by atoms with Crippen LogP contribution in [-0.2, 0) is 4.74 Å². The first-order valence-electron chi connectivity index (χ1n) is 10.3. The fraction of sp³-hybridized carbons (Fsp3) is 0.545. The van der Waals surface area contributed by atoms with E-state index in [1.807, 2.05) is 18.2 Å². The lowest BCUT2D eigenvalue weighted by Crippen LogP contribution is -2.32. The number of amides is 1. The van der Waals surface area contributed by atoms with Crippen molar-refractivity contribution in [3.8, 4) is 0 Å². The number of ether oxygens (including phenoxy) is 1. The molecule has 1 atom stereocenters. The molecule has 0 bridgehead atoms. The third-order valence-electron chi connectivity index (χ3n) is 5.33. The van der Waals surface area contributed by atoms with E-state index in [4.69, 9.17) is 27.9 Å². The summed E-state index contributed by atoms with van der Waals surface area (Å²) in [4.78, 5) is 17.3. The molecule has 5 nitrogen and oxygen atoms in total. The summed E-state index contributed by atoms with van der Waals surface area (Å²) in [5.41, 5.74) is 2.32. The van der Waals surface area contributed by atoms with Crippen molar-refractivity contribution >= 4 is 34.9 Å². The number of nitrogens with zero attached hydrogens (tertiary/aromatic N) is 1. The summed E-state index contributed by atoms with van der Waals surface area (Å²) in [6.45, 7) is 6.36. The number of allylic oxidation sites excluding steroid dienone is 3. The van der Waals surface area contributed by atoms with E-state index in [0.29, 0.717) is 28.9 Å². The van der Waals surface area contributed by atoms with Gasteiger partial charge >= 0.3 is 0 Å². The Morgan fingerprint density at radius 2 is 2.07 bits per heavy atom. The van der Waals surface area contributed by atoms with E-state index >= 15 is 0 Å². The number of hydrogen-bond acceptors (Lipinski definition) is 4. The molecule has 1 saturated heterocycles. The van der Waals surface area contributed by atoms with Crippen molar-refractivity contribution in [3.63, 3.8) is 0 Å². The van der Waals surface area contributed by atoms with Gasteiger partial charge in [-0.2, -0.15) is 0 Å². The number of anilines is 1. The van der Waals surface area contributed by atoms with E-state index in [1.54, 1.807) is 6.20 Å². The maximum atomic E-state index is 12.8. The van der Waals surface area contributed by atoms with E-state index in [0.717, 1.165) is 50.2 Å². The van der Waals surface area contributed by atoms with Crippen LogP contribution in [0.2, 0.25) is 0 Å². The second kappa shape index (κ2) is 10.5. The molecule has 3 rings (SSSR count). The zero-order valence-corrected chi connectivity index (χ0v) is 18.5. The molecule has 0 saturated carbocycles. The second-order valence-electron chi connectivity index (χ2n) is 7.93. The maximum Gasteiger partial charge on any atom is 0.253 e. The van der Waals surface area contributed by atoms with E-state index < -0.39 is 0 Å². The number of halogens is 2. The van der Waals surface area contributed by atoms with Crippen LogP contribution in [0.3, 0.4) is 0 Å². The zero-order chi connectivity index (χ0) is 20.8. The average Bonchev–Trinajstić information content (AvgIpc) is 2.87. The highest BCUT2D eigenvalue weighted by Crippen LogP contribution is 2.27. The van der Waals surface area contributed by atoms with E-state index in [-0.39, 0.29) is 17.2 Å². The van der Waals surface area contributed by atoms with Gasteiger partial charge in [0.05, 0.1) is 21.7 Å². The molecule has 1 aliphatic heterocycles. The molecule has 29 heavy (non-hydrogen) atoms. The zero-order valence-electron chi connectivity index (χ0n) is 17.0. The van der Waals surface area contributed by atoms with Crippen molar-refractivity contribution in [2.75, 3.05) is 25.1 Å². The molecular weight excluding hydrogens is 409 g/mol. The van der Waals surface area contributed by atoms with Crippen LogP contribution >= 0.6 is 23.2 Å². The first kappa shape index (κ1) is 22.1. The molecule has 1 fully saturated rings. The first-order valence-corrected chi connectivity index (χ1v) is 11.1. The van der Waals surface area contributed by atoms with E-state index in [2.05, 4.69) is 29.5 Å². The molecule has 2 aliphatic rings. The fourth-order valence-electron chi connectivity index (χ4n) is 3.55. The molecule has 1 aliphatic carbocycles. The Morgan fingerprint density at radius 1 is 1.31 bits per heavy atom. The van der Waals surface area contributed by atoms with Gasteiger partial charge in [0.25, 0.3) is 5.91 Å². The minimum absolute atomic E-state index is 0.0772. The number of rotatable bonds is 6. The molecule has 2 N–H and O–H groups in total. The lowest BCUT2D eigenvalue weighted by molar-refractivity contribution is 0.0642. The van der Waals surface area contributed by atoms with Crippen LogP contribution in [0.25, 0.3) is 0 Å². The van der Waals surface area contributed by atoms with Gasteiger partial charge in [0, 0.05) is 26.0 Å². The molecule has 1 unspecified atom stereocenters. The predicted octanol–water partition coefficient (Wildman–Crippen LogP) is 5.18. The first-order chi connectivity index (χ1) is 13.9. The lowest BCUT2D eigenvalue weighted by Gasteiger charge is -2.22. The molecular formula is C22H29Cl2N3O2. The van der Waals surface area contributed by atoms with Crippen molar-refractivity contribution in [1.29, 1.82) is 0 Å². The topological polar surface area (TPSA) is 63.2 Å². The maximum absolute atomic E-state index is 12.8. The van der Waals surface area contributed by atoms with Gasteiger partial charge in [-0.25, -0.2) is 4.98 Å². The number of hydrogen-bond donors (Lipinski definition) is 2. The van der Waals surface area contributed by atoms with Gasteiger partial charge in [0.2, 0.25) is 0 Å². The van der Waals surface area contributed by atoms with Crippen LogP contribution in [0.1, 0.15) is 61.4 Å². The van der Waals surface area contributed by atoms with Crippen LogP contribution in [0.15, 0.2) is 35.1 Å². The van der Waals surface area contributed by atoms with Crippen molar-refractivity contribution in [2.45, 2.75) is 50.8 Å². The third-order valence-corrected chi connectivity index (χ3v) is 6.03. The Balaban J connectivity index is 1.73. The fourth-order valence-corrected chi connectivity index (χ4v) is 4.02. The van der Waals surface area contributed by atoms with Crippen LogP contribution in [0.4, 0.5) is 5.82 Å². The monoisotopic (exact) mass is 437 g/mol. The Labute approximate surface area is 182 Å². The standard InChI is InChI=1S/C22H29Cl2N3O2/c1-14(2)17-11-21(27-20-10-16(23)4-3-5-19(20)24)25-13-18(17)22(28)26-12-15-6-8-29-9-7-15/h5,10-11,13-16H,3-4,6-9,12H2,1-2H3,(H,25,27)(H,26,28). The Morgan fingerprint density at radius 3 is 2.79 bits per heavy atom. The van der Waals surface area contributed by atoms with Gasteiger partial charge in [-0.3, -0.25) is 4.79 Å². The molecule has 1 amide bonds. The van der Waals surface area contributed by atoms with Crippen LogP contribution in [0, 0.1) is 5.92 Å². The molecule has 158 valence electrons. The van der Waals surface area contributed by atoms with Crippen LogP contribution in [-0.4, -0.2) is 36.0 Å². The summed E-state index contributed by atoms with van der Waals surface area (Å²) in [5.74, 6) is 1.23. The number of carbonyl (C=O) groups is 1. The van der Waals surface area contributed by atoms with Crippen LogP contribution < -0.4 is 10.6 Å². The summed E-state index contributed by atoms with van der Waals surface area (Å²) in [7, 11) is 0. The highest BCUT2D eigenvalue weighted by atomic mass is 35.5. The largest absolute Gasteiger partial charge is 0.381 e. The van der Waals surface area contributed by atoms with Crippen molar-refractivity contribution in [1.82, 2.24) is 10.3 Å². The minimum atomic E-state index is -0.0789. The second-order valence-corrected chi connectivity index (χ2v) is 8.90. The molecule has 1 aromatic rings. The van der Waals surface area contributed by atoms with E-state index in [9.17, 15) is 4.79 Å². The summed E-state index contributed by atoms with van der Waals surface area (Å²) < 4.78 is 5.38. The quantitative estimate of drug-likeness (QED) is 0.601. The number of nitrogens with one attached hydrogen (secondary N) is 2. The summed E-state index contributed by atoms with van der Waals surface area (Å²) in [5, 5.41) is 6.90. The average molecular weight is 438 g/mol. The number of alkyl halides is 1. The van der Waals surface area contributed by atoms with Gasteiger partial charge in [0.1, 0.15) is 5.82 Å². The highest BCUT2D eigenvalue weighted by Gasteiger charge is 2.19. The summed E-state index contributed by atoms with van der Waals surface area (Å²) in [6.07, 6.45) is 9.19. The van der Waals surface area contributed by atoms with Gasteiger partial charge in [-0.05, 0) is 55.2 Å². The van der Waals surface area contributed by atoms with Crippen molar-refractivity contribution < 1.29 is 9.53 Å². The Bertz CT molecular complexity index is 786.